The zero-order valence-electron chi connectivity index (χ0n) is 1.21. The van der Waals surface area contributed by atoms with E-state index in [1.54, 1.807) is 0 Å². The van der Waals surface area contributed by atoms with E-state index in [0.717, 1.165) is 0 Å². The molecule has 0 spiro atoms. The van der Waals surface area contributed by atoms with Crippen LogP contribution in [-0.4, -0.2) is 51.0 Å². The maximum absolute atomic E-state index is 0. The van der Waals surface area contributed by atoms with E-state index in [1.165, 1.54) is 0 Å². The molecule has 0 fully saturated rings. The molecule has 0 aliphatic heterocycles. The molecule has 1 nitrogen and oxygen atoms in total. The Labute approximate surface area is 83.4 Å². The first-order chi connectivity index (χ1) is 0. The molecule has 0 aromatic rings. The molecule has 0 aliphatic rings. The Bertz CT molecular complexity index is 6.00. The molecule has 0 saturated carbocycles. The Kier molecular flexibility index (Phi) is 141. The van der Waals surface area contributed by atoms with Crippen molar-refractivity contribution in [3.05, 3.63) is 0 Å². The summed E-state index contributed by atoms with van der Waals surface area (Å²) in [5.74, 6) is 0. The van der Waals surface area contributed by atoms with Crippen molar-refractivity contribution in [1.29, 1.82) is 0 Å². The summed E-state index contributed by atoms with van der Waals surface area (Å²) in [5, 5.41) is 0. The van der Waals surface area contributed by atoms with Gasteiger partial charge in [-0.3, -0.25) is 0 Å². The van der Waals surface area contributed by atoms with Crippen LogP contribution in [-0.2, 0) is 34.1 Å². The van der Waals surface area contributed by atoms with Crippen molar-refractivity contribution in [1.82, 2.24) is 0 Å². The van der Waals surface area contributed by atoms with E-state index < -0.39 is 0 Å². The molecular weight excluding hydrogens is 215 g/mol. The molecule has 0 saturated heterocycles. The summed E-state index contributed by atoms with van der Waals surface area (Å²) in [6, 6.07) is 0. The average molecular weight is 219 g/mol. The van der Waals surface area contributed by atoms with Gasteiger partial charge < -0.3 is 5.48 Å². The van der Waals surface area contributed by atoms with Gasteiger partial charge in [0.1, 0.15) is 0 Å². The standard InChI is InChI=1S/2Fe.H2O.Sr.2H/h;;1H2;;;. The molecule has 0 bridgehead atoms. The fourth-order valence-corrected chi connectivity index (χ4v) is 0. The van der Waals surface area contributed by atoms with Gasteiger partial charge in [-0.25, -0.2) is 0 Å². The molecule has 28 valence electrons. The first-order valence-electron chi connectivity index (χ1n) is 0. The van der Waals surface area contributed by atoms with Crippen molar-refractivity contribution in [3.63, 3.8) is 0 Å². The monoisotopic (exact) mass is 220 g/mol. The van der Waals surface area contributed by atoms with Gasteiger partial charge in [-0.1, -0.05) is 0 Å². The maximum atomic E-state index is 0. The molecular formula is H4Fe2OSr. The van der Waals surface area contributed by atoms with Gasteiger partial charge in [0.25, 0.3) is 0 Å². The molecule has 0 radical (unpaired) electrons. The quantitative estimate of drug-likeness (QED) is 0.433. The molecule has 0 aromatic heterocycles. The van der Waals surface area contributed by atoms with Crippen LogP contribution in [0.3, 0.4) is 0 Å². The molecule has 0 aromatic carbocycles. The van der Waals surface area contributed by atoms with Gasteiger partial charge >= 0.3 is 45.5 Å². The van der Waals surface area contributed by atoms with Crippen LogP contribution in [0, 0.1) is 0 Å². The van der Waals surface area contributed by atoms with Gasteiger partial charge in [-0.05, 0) is 0 Å². The van der Waals surface area contributed by atoms with Gasteiger partial charge in [0.2, 0.25) is 0 Å². The van der Waals surface area contributed by atoms with E-state index in [9.17, 15) is 0 Å². The molecule has 0 aliphatic carbocycles. The SMILES string of the molecule is O.[Fe].[Fe].[SrH2]. The molecule has 0 unspecified atom stereocenters. The Morgan fingerprint density at radius 2 is 0.750 bits per heavy atom. The van der Waals surface area contributed by atoms with E-state index in [-0.39, 0.29) is 85.1 Å². The Morgan fingerprint density at radius 1 is 0.750 bits per heavy atom. The third-order valence-electron chi connectivity index (χ3n) is 0. The van der Waals surface area contributed by atoms with Crippen molar-refractivity contribution in [3.8, 4) is 0 Å². The van der Waals surface area contributed by atoms with E-state index >= 15 is 0 Å². The molecule has 0 atom stereocenters. The second-order valence-electron chi connectivity index (χ2n) is 0. The topological polar surface area (TPSA) is 31.5 Å². The molecule has 4 heavy (non-hydrogen) atoms. The minimum atomic E-state index is 0. The summed E-state index contributed by atoms with van der Waals surface area (Å²) in [7, 11) is 0. The second-order valence-corrected chi connectivity index (χ2v) is 0. The van der Waals surface area contributed by atoms with Crippen LogP contribution in [0.2, 0.25) is 0 Å². The summed E-state index contributed by atoms with van der Waals surface area (Å²) in [4.78, 5) is 0. The van der Waals surface area contributed by atoms with Crippen molar-refractivity contribution in [2.24, 2.45) is 0 Å². The normalized spacial score (nSPS) is 0. The summed E-state index contributed by atoms with van der Waals surface area (Å²) in [5.41, 5.74) is 0. The molecule has 0 rings (SSSR count). The molecule has 0 amide bonds. The summed E-state index contributed by atoms with van der Waals surface area (Å²) in [6.07, 6.45) is 0. The van der Waals surface area contributed by atoms with Crippen LogP contribution in [0.1, 0.15) is 0 Å². The summed E-state index contributed by atoms with van der Waals surface area (Å²) >= 11 is 0. The van der Waals surface area contributed by atoms with E-state index in [4.69, 9.17) is 0 Å². The van der Waals surface area contributed by atoms with Crippen molar-refractivity contribution in [2.75, 3.05) is 0 Å². The first-order valence-corrected chi connectivity index (χ1v) is 0. The predicted molar refractivity (Wildman–Crippen MR) is 12.2 cm³/mol. The fraction of sp³-hybridized carbons (Fsp3) is 0. The van der Waals surface area contributed by atoms with Gasteiger partial charge in [-0.15, -0.1) is 0 Å². The van der Waals surface area contributed by atoms with Crippen molar-refractivity contribution in [2.45, 2.75) is 0 Å². The Balaban J connectivity index is 0. The molecule has 4 heteroatoms. The third kappa shape index (κ3) is 8.82. The number of rotatable bonds is 0. The van der Waals surface area contributed by atoms with Gasteiger partial charge in [0.05, 0.1) is 0 Å². The van der Waals surface area contributed by atoms with Crippen LogP contribution in [0.15, 0.2) is 0 Å². The zero-order valence-corrected chi connectivity index (χ0v) is 3.42. The van der Waals surface area contributed by atoms with Crippen LogP contribution in [0.4, 0.5) is 0 Å². The second kappa shape index (κ2) is 17.9. The Morgan fingerprint density at radius 3 is 0.750 bits per heavy atom. The summed E-state index contributed by atoms with van der Waals surface area (Å²) in [6.45, 7) is 0. The predicted octanol–water partition coefficient (Wildman–Crippen LogP) is -1.75. The van der Waals surface area contributed by atoms with Crippen LogP contribution < -0.4 is 0 Å². The van der Waals surface area contributed by atoms with E-state index in [2.05, 4.69) is 0 Å². The van der Waals surface area contributed by atoms with Crippen LogP contribution >= 0.6 is 0 Å². The molecule has 0 heterocycles. The van der Waals surface area contributed by atoms with Crippen LogP contribution in [0.5, 0.6) is 0 Å². The third-order valence-corrected chi connectivity index (χ3v) is 0. The van der Waals surface area contributed by atoms with Crippen LogP contribution in [0.25, 0.3) is 0 Å². The van der Waals surface area contributed by atoms with Crippen molar-refractivity contribution >= 4 is 45.5 Å². The fourth-order valence-electron chi connectivity index (χ4n) is 0. The summed E-state index contributed by atoms with van der Waals surface area (Å²) < 4.78 is 0. The van der Waals surface area contributed by atoms with Gasteiger partial charge in [0.15, 0.2) is 0 Å². The zero-order chi connectivity index (χ0) is 0. The van der Waals surface area contributed by atoms with Gasteiger partial charge in [0, 0.05) is 34.1 Å². The minimum absolute atomic E-state index is 0. The number of hydrogen-bond donors (Lipinski definition) is 0. The first kappa shape index (κ1) is 31.6. The van der Waals surface area contributed by atoms with E-state index in [0.29, 0.717) is 0 Å². The van der Waals surface area contributed by atoms with Gasteiger partial charge in [-0.2, -0.15) is 0 Å². The molecule has 2 N–H and O–H groups in total. The average Bonchev–Trinajstić information content (AvgIpc) is 0. The Hall–Kier alpha value is 2.48. The van der Waals surface area contributed by atoms with E-state index in [1.807, 2.05) is 0 Å². The number of hydrogen-bond acceptors (Lipinski definition) is 0. The van der Waals surface area contributed by atoms with Crippen molar-refractivity contribution < 1.29 is 39.6 Å².